The number of carbonyl (C=O) groups excluding carboxylic acids is 1. The van der Waals surface area contributed by atoms with Crippen molar-refractivity contribution in [2.45, 2.75) is 31.8 Å². The highest BCUT2D eigenvalue weighted by Crippen LogP contribution is 2.28. The maximum atomic E-state index is 12.1. The average Bonchev–Trinajstić information content (AvgIpc) is 2.83. The van der Waals surface area contributed by atoms with E-state index in [1.54, 1.807) is 11.8 Å². The highest BCUT2D eigenvalue weighted by atomic mass is 32.2. The standard InChI is InChI=1S/C13H23NO3S/c1-10(11-2-5-17-6-3-11)12(15)14-8-13(16)4-7-18-9-13/h10-11,16H,2-9H2,1H3,(H,14,15)/t10-,13-/m0/s1. The number of ether oxygens (including phenoxy) is 1. The van der Waals surface area contributed by atoms with Crippen LogP contribution >= 0.6 is 11.8 Å². The minimum Gasteiger partial charge on any atom is -0.387 e. The van der Waals surface area contributed by atoms with Gasteiger partial charge in [0.05, 0.1) is 5.60 Å². The number of hydrogen-bond acceptors (Lipinski definition) is 4. The maximum absolute atomic E-state index is 12.1. The normalized spacial score (nSPS) is 31.2. The molecule has 2 rings (SSSR count). The highest BCUT2D eigenvalue weighted by molar-refractivity contribution is 7.99. The zero-order valence-corrected chi connectivity index (χ0v) is 11.8. The van der Waals surface area contributed by atoms with Crippen LogP contribution in [0.15, 0.2) is 0 Å². The van der Waals surface area contributed by atoms with Gasteiger partial charge in [0.25, 0.3) is 0 Å². The number of carbonyl (C=O) groups is 1. The summed E-state index contributed by atoms with van der Waals surface area (Å²) in [5.74, 6) is 2.24. The fourth-order valence-corrected chi connectivity index (χ4v) is 3.87. The van der Waals surface area contributed by atoms with E-state index in [1.165, 1.54) is 0 Å². The molecule has 0 saturated carbocycles. The van der Waals surface area contributed by atoms with Crippen LogP contribution in [0.2, 0.25) is 0 Å². The monoisotopic (exact) mass is 273 g/mol. The molecular weight excluding hydrogens is 250 g/mol. The van der Waals surface area contributed by atoms with Crippen LogP contribution in [0.25, 0.3) is 0 Å². The average molecular weight is 273 g/mol. The Balaban J connectivity index is 1.76. The summed E-state index contributed by atoms with van der Waals surface area (Å²) < 4.78 is 5.31. The van der Waals surface area contributed by atoms with Gasteiger partial charge in [-0.1, -0.05) is 6.92 Å². The van der Waals surface area contributed by atoms with Crippen molar-refractivity contribution in [3.05, 3.63) is 0 Å². The van der Waals surface area contributed by atoms with Crippen molar-refractivity contribution in [2.75, 3.05) is 31.3 Å². The Morgan fingerprint density at radius 1 is 1.56 bits per heavy atom. The molecule has 0 spiro atoms. The van der Waals surface area contributed by atoms with Crippen LogP contribution in [0.1, 0.15) is 26.2 Å². The zero-order valence-electron chi connectivity index (χ0n) is 11.0. The van der Waals surface area contributed by atoms with Gasteiger partial charge in [0.1, 0.15) is 0 Å². The second kappa shape index (κ2) is 6.26. The topological polar surface area (TPSA) is 58.6 Å². The van der Waals surface area contributed by atoms with Gasteiger partial charge in [-0.05, 0) is 30.9 Å². The Hall–Kier alpha value is -0.260. The molecule has 0 aromatic rings. The van der Waals surface area contributed by atoms with Gasteiger partial charge in [-0.2, -0.15) is 11.8 Å². The quantitative estimate of drug-likeness (QED) is 0.803. The van der Waals surface area contributed by atoms with Crippen molar-refractivity contribution in [3.8, 4) is 0 Å². The minimum atomic E-state index is -0.685. The van der Waals surface area contributed by atoms with Crippen LogP contribution in [0.5, 0.6) is 0 Å². The van der Waals surface area contributed by atoms with E-state index >= 15 is 0 Å². The van der Waals surface area contributed by atoms with Gasteiger partial charge >= 0.3 is 0 Å². The van der Waals surface area contributed by atoms with Gasteiger partial charge in [0.2, 0.25) is 5.91 Å². The predicted molar refractivity (Wildman–Crippen MR) is 72.6 cm³/mol. The van der Waals surface area contributed by atoms with E-state index in [-0.39, 0.29) is 11.8 Å². The number of aliphatic hydroxyl groups is 1. The Kier molecular flexibility index (Phi) is 4.92. The fourth-order valence-electron chi connectivity index (χ4n) is 2.58. The summed E-state index contributed by atoms with van der Waals surface area (Å²) in [6, 6.07) is 0. The molecule has 0 radical (unpaired) electrons. The van der Waals surface area contributed by atoms with Crippen molar-refractivity contribution in [1.29, 1.82) is 0 Å². The van der Waals surface area contributed by atoms with E-state index in [0.717, 1.165) is 44.0 Å². The zero-order chi connectivity index (χ0) is 13.0. The first-order chi connectivity index (χ1) is 8.61. The molecule has 2 aliphatic heterocycles. The molecule has 2 atom stereocenters. The van der Waals surface area contributed by atoms with Crippen LogP contribution < -0.4 is 5.32 Å². The first-order valence-corrected chi connectivity index (χ1v) is 7.92. The molecule has 0 aromatic carbocycles. The van der Waals surface area contributed by atoms with Gasteiger partial charge in [-0.25, -0.2) is 0 Å². The Morgan fingerprint density at radius 2 is 2.28 bits per heavy atom. The Morgan fingerprint density at radius 3 is 2.89 bits per heavy atom. The number of rotatable bonds is 4. The molecule has 1 amide bonds. The second-order valence-electron chi connectivity index (χ2n) is 5.48. The van der Waals surface area contributed by atoms with Crippen molar-refractivity contribution < 1.29 is 14.6 Å². The van der Waals surface area contributed by atoms with Crippen LogP contribution in [-0.4, -0.2) is 47.9 Å². The molecule has 0 aliphatic carbocycles. The lowest BCUT2D eigenvalue weighted by Gasteiger charge is -2.28. The van der Waals surface area contributed by atoms with E-state index in [4.69, 9.17) is 4.74 Å². The van der Waals surface area contributed by atoms with Gasteiger partial charge in [0.15, 0.2) is 0 Å². The van der Waals surface area contributed by atoms with Crippen molar-refractivity contribution >= 4 is 17.7 Å². The number of thioether (sulfide) groups is 1. The SMILES string of the molecule is C[C@H](C(=O)NC[C@@]1(O)CCSC1)C1CCOCC1. The minimum absolute atomic E-state index is 0.0200. The molecule has 2 heterocycles. The molecular formula is C13H23NO3S. The Bertz CT molecular complexity index is 286. The first-order valence-electron chi connectivity index (χ1n) is 6.76. The molecule has 4 nitrogen and oxygen atoms in total. The van der Waals surface area contributed by atoms with Gasteiger partial charge in [-0.15, -0.1) is 0 Å². The van der Waals surface area contributed by atoms with E-state index in [0.29, 0.717) is 12.5 Å². The predicted octanol–water partition coefficient (Wildman–Crippen LogP) is 1.03. The maximum Gasteiger partial charge on any atom is 0.223 e. The highest BCUT2D eigenvalue weighted by Gasteiger charge is 2.33. The summed E-state index contributed by atoms with van der Waals surface area (Å²) in [6.07, 6.45) is 2.72. The van der Waals surface area contributed by atoms with E-state index in [9.17, 15) is 9.90 Å². The lowest BCUT2D eigenvalue weighted by atomic mass is 9.86. The number of amides is 1. The Labute approximate surface area is 113 Å². The molecule has 18 heavy (non-hydrogen) atoms. The summed E-state index contributed by atoms with van der Waals surface area (Å²) in [4.78, 5) is 12.1. The van der Waals surface area contributed by atoms with E-state index < -0.39 is 5.60 Å². The summed E-state index contributed by atoms with van der Waals surface area (Å²) in [6.45, 7) is 3.91. The van der Waals surface area contributed by atoms with Crippen LogP contribution in [0.4, 0.5) is 0 Å². The lowest BCUT2D eigenvalue weighted by Crippen LogP contribution is -2.45. The van der Waals surface area contributed by atoms with Gasteiger partial charge < -0.3 is 15.2 Å². The second-order valence-corrected chi connectivity index (χ2v) is 6.59. The summed E-state index contributed by atoms with van der Waals surface area (Å²) in [7, 11) is 0. The molecule has 0 bridgehead atoms. The molecule has 0 unspecified atom stereocenters. The van der Waals surface area contributed by atoms with Crippen molar-refractivity contribution in [3.63, 3.8) is 0 Å². The summed E-state index contributed by atoms with van der Waals surface area (Å²) >= 11 is 1.75. The third-order valence-electron chi connectivity index (χ3n) is 4.06. The third kappa shape index (κ3) is 3.62. The molecule has 0 aromatic heterocycles. The molecule has 2 aliphatic rings. The van der Waals surface area contributed by atoms with Gasteiger partial charge in [0, 0.05) is 31.4 Å². The first kappa shape index (κ1) is 14.2. The molecule has 2 saturated heterocycles. The van der Waals surface area contributed by atoms with Crippen molar-refractivity contribution in [1.82, 2.24) is 5.32 Å². The van der Waals surface area contributed by atoms with Crippen molar-refractivity contribution in [2.24, 2.45) is 11.8 Å². The molecule has 2 N–H and O–H groups in total. The van der Waals surface area contributed by atoms with Crippen LogP contribution in [0, 0.1) is 11.8 Å². The smallest absolute Gasteiger partial charge is 0.223 e. The van der Waals surface area contributed by atoms with E-state index in [1.807, 2.05) is 6.92 Å². The van der Waals surface area contributed by atoms with Crippen LogP contribution in [-0.2, 0) is 9.53 Å². The number of nitrogens with one attached hydrogen (secondary N) is 1. The summed E-state index contributed by atoms with van der Waals surface area (Å²) in [5.41, 5.74) is -0.685. The van der Waals surface area contributed by atoms with Crippen LogP contribution in [0.3, 0.4) is 0 Å². The summed E-state index contributed by atoms with van der Waals surface area (Å²) in [5, 5.41) is 13.1. The number of hydrogen-bond donors (Lipinski definition) is 2. The largest absolute Gasteiger partial charge is 0.387 e. The molecule has 104 valence electrons. The van der Waals surface area contributed by atoms with Gasteiger partial charge in [-0.3, -0.25) is 4.79 Å². The molecule has 5 heteroatoms. The molecule has 2 fully saturated rings. The van der Waals surface area contributed by atoms with E-state index in [2.05, 4.69) is 5.32 Å². The third-order valence-corrected chi connectivity index (χ3v) is 5.30. The fraction of sp³-hybridized carbons (Fsp3) is 0.923. The lowest BCUT2D eigenvalue weighted by molar-refractivity contribution is -0.128.